The quantitative estimate of drug-likeness (QED) is 0.583. The van der Waals surface area contributed by atoms with E-state index in [2.05, 4.69) is 5.32 Å². The monoisotopic (exact) mass is 349 g/mol. The Labute approximate surface area is 140 Å². The molecule has 1 saturated carbocycles. The molecule has 1 amide bonds. The second-order valence-electron chi connectivity index (χ2n) is 6.67. The van der Waals surface area contributed by atoms with Crippen molar-refractivity contribution in [1.29, 1.82) is 0 Å². The minimum Gasteiger partial charge on any atom is -0.378 e. The highest BCUT2D eigenvalue weighted by atomic mass is 32.2. The molecule has 0 aromatic carbocycles. The Balaban J connectivity index is 2.44. The predicted octanol–water partition coefficient (Wildman–Crippen LogP) is 0.307. The van der Waals surface area contributed by atoms with Crippen LogP contribution in [0.15, 0.2) is 0 Å². The fraction of sp³-hybridized carbons (Fsp3) is 0.933. The van der Waals surface area contributed by atoms with Crippen LogP contribution in [-0.2, 0) is 19.6 Å². The molecule has 0 spiro atoms. The number of rotatable bonds is 9. The molecule has 3 N–H and O–H groups in total. The number of nitrogens with two attached hydrogens (primary N) is 1. The van der Waals surface area contributed by atoms with Gasteiger partial charge in [-0.1, -0.05) is 13.8 Å². The van der Waals surface area contributed by atoms with Crippen LogP contribution in [-0.4, -0.2) is 62.8 Å². The van der Waals surface area contributed by atoms with Gasteiger partial charge < -0.3 is 15.8 Å². The Morgan fingerprint density at radius 1 is 1.39 bits per heavy atom. The van der Waals surface area contributed by atoms with E-state index in [0.717, 1.165) is 0 Å². The molecule has 23 heavy (non-hydrogen) atoms. The van der Waals surface area contributed by atoms with Gasteiger partial charge in [0.2, 0.25) is 15.9 Å². The molecule has 0 aromatic rings. The molecule has 1 aliphatic rings. The molecule has 1 fully saturated rings. The van der Waals surface area contributed by atoms with E-state index in [1.807, 2.05) is 20.8 Å². The molecule has 0 heterocycles. The summed E-state index contributed by atoms with van der Waals surface area (Å²) in [4.78, 5) is 12.4. The van der Waals surface area contributed by atoms with Gasteiger partial charge in [-0.25, -0.2) is 12.7 Å². The van der Waals surface area contributed by atoms with E-state index >= 15 is 0 Å². The van der Waals surface area contributed by atoms with Gasteiger partial charge >= 0.3 is 0 Å². The van der Waals surface area contributed by atoms with Gasteiger partial charge in [0.15, 0.2) is 0 Å². The zero-order chi connectivity index (χ0) is 17.9. The van der Waals surface area contributed by atoms with Crippen LogP contribution in [0, 0.1) is 5.41 Å². The molecule has 2 unspecified atom stereocenters. The normalized spacial score (nSPS) is 26.8. The second kappa shape index (κ2) is 7.46. The topological polar surface area (TPSA) is 102 Å². The van der Waals surface area contributed by atoms with E-state index in [1.54, 1.807) is 14.0 Å². The molecule has 1 aliphatic carbocycles. The van der Waals surface area contributed by atoms with Gasteiger partial charge in [0.05, 0.1) is 11.9 Å². The van der Waals surface area contributed by atoms with Crippen molar-refractivity contribution >= 4 is 15.9 Å². The maximum atomic E-state index is 12.4. The molecule has 0 radical (unpaired) electrons. The molecule has 1 rings (SSSR count). The van der Waals surface area contributed by atoms with E-state index in [9.17, 15) is 13.2 Å². The van der Waals surface area contributed by atoms with Crippen molar-refractivity contribution in [3.8, 4) is 0 Å². The number of ether oxygens (including phenoxy) is 1. The number of carbonyl (C=O) groups excluding carboxylic acids is 1. The van der Waals surface area contributed by atoms with Gasteiger partial charge in [-0.2, -0.15) is 0 Å². The summed E-state index contributed by atoms with van der Waals surface area (Å²) in [7, 11) is -1.63. The Hall–Kier alpha value is -0.700. The average Bonchev–Trinajstić information content (AvgIpc) is 2.50. The Bertz CT molecular complexity index is 521. The first kappa shape index (κ1) is 20.3. The van der Waals surface area contributed by atoms with Gasteiger partial charge in [0, 0.05) is 38.6 Å². The number of hydrogen-bond donors (Lipinski definition) is 2. The maximum Gasteiger partial charge on any atom is 0.240 e. The summed E-state index contributed by atoms with van der Waals surface area (Å²) >= 11 is 0. The molecule has 2 atom stereocenters. The van der Waals surface area contributed by atoms with Crippen LogP contribution in [0.3, 0.4) is 0 Å². The molecule has 0 saturated heterocycles. The highest BCUT2D eigenvalue weighted by Gasteiger charge is 2.62. The van der Waals surface area contributed by atoms with Crippen molar-refractivity contribution in [3.05, 3.63) is 0 Å². The van der Waals surface area contributed by atoms with Gasteiger partial charge in [-0.3, -0.25) is 4.79 Å². The summed E-state index contributed by atoms with van der Waals surface area (Å²) in [5, 5.41) is 2.83. The molecule has 0 aliphatic heterocycles. The maximum absolute atomic E-state index is 12.4. The van der Waals surface area contributed by atoms with E-state index in [-0.39, 0.29) is 17.8 Å². The van der Waals surface area contributed by atoms with Crippen molar-refractivity contribution < 1.29 is 17.9 Å². The fourth-order valence-corrected chi connectivity index (χ4v) is 3.69. The number of nitrogens with one attached hydrogen (secondary N) is 1. The zero-order valence-corrected chi connectivity index (χ0v) is 15.7. The summed E-state index contributed by atoms with van der Waals surface area (Å²) in [5.74, 6) is -0.117. The van der Waals surface area contributed by atoms with Gasteiger partial charge in [0.25, 0.3) is 0 Å². The summed E-state index contributed by atoms with van der Waals surface area (Å²) in [6.07, 6.45) is 1.04. The number of carbonyl (C=O) groups is 1. The largest absolute Gasteiger partial charge is 0.378 e. The Kier molecular flexibility index (Phi) is 6.60. The number of hydrogen-bond acceptors (Lipinski definition) is 5. The standard InChI is InChI=1S/C15H31N3O4S/c1-6-22-12-11-15(16,14(12,3)4)13(19)17-9-8-10-18(5)23(20,21)7-2/h12H,6-11,16H2,1-5H3,(H,17,19). The van der Waals surface area contributed by atoms with Crippen LogP contribution < -0.4 is 11.1 Å². The Morgan fingerprint density at radius 3 is 2.48 bits per heavy atom. The number of sulfonamides is 1. The van der Waals surface area contributed by atoms with Crippen LogP contribution in [0.1, 0.15) is 40.5 Å². The van der Waals surface area contributed by atoms with E-state index in [0.29, 0.717) is 32.5 Å². The lowest BCUT2D eigenvalue weighted by Gasteiger charge is -2.57. The third kappa shape index (κ3) is 4.04. The molecular formula is C15H31N3O4S. The molecule has 0 bridgehead atoms. The van der Waals surface area contributed by atoms with Crippen LogP contribution in [0.2, 0.25) is 0 Å². The summed E-state index contributed by atoms with van der Waals surface area (Å²) in [6, 6.07) is 0. The SMILES string of the molecule is CCOC1CC(N)(C(=O)NCCCN(C)S(=O)(=O)CC)C1(C)C. The van der Waals surface area contributed by atoms with Crippen LogP contribution >= 0.6 is 0 Å². The first-order valence-electron chi connectivity index (χ1n) is 8.15. The van der Waals surface area contributed by atoms with E-state index in [4.69, 9.17) is 10.5 Å². The zero-order valence-electron chi connectivity index (χ0n) is 14.9. The summed E-state index contributed by atoms with van der Waals surface area (Å²) in [6.45, 7) is 8.79. The predicted molar refractivity (Wildman–Crippen MR) is 90.4 cm³/mol. The van der Waals surface area contributed by atoms with Gasteiger partial charge in [-0.05, 0) is 20.3 Å². The fourth-order valence-electron chi connectivity index (χ4n) is 2.84. The lowest BCUT2D eigenvalue weighted by molar-refractivity contribution is -0.170. The third-order valence-corrected chi connectivity index (χ3v) is 6.87. The number of amides is 1. The van der Waals surface area contributed by atoms with Crippen molar-refractivity contribution in [2.24, 2.45) is 11.1 Å². The molecule has 136 valence electrons. The van der Waals surface area contributed by atoms with Crippen LogP contribution in [0.4, 0.5) is 0 Å². The summed E-state index contributed by atoms with van der Waals surface area (Å²) in [5.41, 5.74) is 4.92. The lowest BCUT2D eigenvalue weighted by Crippen LogP contribution is -2.75. The third-order valence-electron chi connectivity index (χ3n) is 5.01. The number of nitrogens with zero attached hydrogens (tertiary/aromatic N) is 1. The summed E-state index contributed by atoms with van der Waals surface area (Å²) < 4.78 is 30.2. The lowest BCUT2D eigenvalue weighted by atomic mass is 9.54. The van der Waals surface area contributed by atoms with Crippen molar-refractivity contribution in [2.75, 3.05) is 32.5 Å². The van der Waals surface area contributed by atoms with E-state index in [1.165, 1.54) is 4.31 Å². The second-order valence-corrected chi connectivity index (χ2v) is 9.04. The van der Waals surface area contributed by atoms with Crippen molar-refractivity contribution in [2.45, 2.75) is 52.2 Å². The highest BCUT2D eigenvalue weighted by molar-refractivity contribution is 7.89. The smallest absolute Gasteiger partial charge is 0.240 e. The average molecular weight is 349 g/mol. The molecular weight excluding hydrogens is 318 g/mol. The molecule has 0 aromatic heterocycles. The minimum absolute atomic E-state index is 0.0101. The van der Waals surface area contributed by atoms with Crippen LogP contribution in [0.5, 0.6) is 0 Å². The molecule has 8 heteroatoms. The van der Waals surface area contributed by atoms with Crippen molar-refractivity contribution in [3.63, 3.8) is 0 Å². The first-order chi connectivity index (χ1) is 10.5. The van der Waals surface area contributed by atoms with Crippen LogP contribution in [0.25, 0.3) is 0 Å². The first-order valence-corrected chi connectivity index (χ1v) is 9.76. The highest BCUT2D eigenvalue weighted by Crippen LogP contribution is 2.49. The molecule has 7 nitrogen and oxygen atoms in total. The van der Waals surface area contributed by atoms with E-state index < -0.39 is 21.0 Å². The van der Waals surface area contributed by atoms with Crippen molar-refractivity contribution in [1.82, 2.24) is 9.62 Å². The van der Waals surface area contributed by atoms with Gasteiger partial charge in [-0.15, -0.1) is 0 Å². The van der Waals surface area contributed by atoms with Gasteiger partial charge in [0.1, 0.15) is 5.54 Å². The minimum atomic E-state index is -3.17. The Morgan fingerprint density at radius 2 is 2.00 bits per heavy atom.